The standard InChI is InChI=1S/C17H28N4/c1-18-17-6-4-5-16(19-17)14-21-11-7-15(8-12-21)13-20-9-2-3-10-20/h4-6,15H,2-3,7-14H2,1H3,(H,18,19). The van der Waals surface area contributed by atoms with Crippen LogP contribution in [0.3, 0.4) is 0 Å². The molecule has 3 heterocycles. The summed E-state index contributed by atoms with van der Waals surface area (Å²) in [7, 11) is 1.93. The fourth-order valence-electron chi connectivity index (χ4n) is 3.59. The van der Waals surface area contributed by atoms with Gasteiger partial charge in [0.15, 0.2) is 0 Å². The van der Waals surface area contributed by atoms with Crippen LogP contribution in [0.1, 0.15) is 31.4 Å². The molecule has 3 rings (SSSR count). The third-order valence-corrected chi connectivity index (χ3v) is 4.87. The van der Waals surface area contributed by atoms with Crippen molar-refractivity contribution in [1.29, 1.82) is 0 Å². The number of aromatic nitrogens is 1. The van der Waals surface area contributed by atoms with E-state index in [-0.39, 0.29) is 0 Å². The Bertz CT molecular complexity index is 434. The van der Waals surface area contributed by atoms with Crippen LogP contribution in [0.15, 0.2) is 18.2 Å². The van der Waals surface area contributed by atoms with E-state index in [4.69, 9.17) is 0 Å². The van der Waals surface area contributed by atoms with Crippen LogP contribution in [-0.2, 0) is 6.54 Å². The van der Waals surface area contributed by atoms with E-state index in [1.165, 1.54) is 64.1 Å². The lowest BCUT2D eigenvalue weighted by molar-refractivity contribution is 0.148. The maximum atomic E-state index is 4.63. The molecule has 0 atom stereocenters. The van der Waals surface area contributed by atoms with Crippen LogP contribution in [0.4, 0.5) is 5.82 Å². The van der Waals surface area contributed by atoms with E-state index in [1.54, 1.807) is 0 Å². The molecule has 2 fully saturated rings. The molecule has 0 saturated carbocycles. The lowest BCUT2D eigenvalue weighted by Crippen LogP contribution is -2.37. The highest BCUT2D eigenvalue weighted by Crippen LogP contribution is 2.21. The molecule has 2 saturated heterocycles. The highest BCUT2D eigenvalue weighted by molar-refractivity contribution is 5.34. The molecule has 2 aliphatic heterocycles. The summed E-state index contributed by atoms with van der Waals surface area (Å²) in [5.74, 6) is 1.88. The Balaban J connectivity index is 1.44. The van der Waals surface area contributed by atoms with Gasteiger partial charge in [-0.25, -0.2) is 4.98 Å². The summed E-state index contributed by atoms with van der Waals surface area (Å²) in [6.07, 6.45) is 5.52. The largest absolute Gasteiger partial charge is 0.373 e. The van der Waals surface area contributed by atoms with E-state index < -0.39 is 0 Å². The molecule has 0 bridgehead atoms. The fourth-order valence-corrected chi connectivity index (χ4v) is 3.59. The maximum absolute atomic E-state index is 4.63. The van der Waals surface area contributed by atoms with Crippen LogP contribution in [0, 0.1) is 5.92 Å². The summed E-state index contributed by atoms with van der Waals surface area (Å²) >= 11 is 0. The first-order valence-corrected chi connectivity index (χ1v) is 8.42. The molecule has 0 unspecified atom stereocenters. The topological polar surface area (TPSA) is 31.4 Å². The molecule has 1 aromatic rings. The molecule has 0 aromatic carbocycles. The van der Waals surface area contributed by atoms with Gasteiger partial charge in [-0.3, -0.25) is 4.90 Å². The summed E-state index contributed by atoms with van der Waals surface area (Å²) < 4.78 is 0. The molecule has 116 valence electrons. The molecule has 1 N–H and O–H groups in total. The average molecular weight is 288 g/mol. The zero-order valence-corrected chi connectivity index (χ0v) is 13.2. The zero-order valence-electron chi connectivity index (χ0n) is 13.2. The molecule has 4 nitrogen and oxygen atoms in total. The van der Waals surface area contributed by atoms with Crippen LogP contribution in [-0.4, -0.2) is 54.6 Å². The SMILES string of the molecule is CNc1cccc(CN2CCC(CN3CCCC3)CC2)n1. The Morgan fingerprint density at radius 3 is 2.57 bits per heavy atom. The summed E-state index contributed by atoms with van der Waals surface area (Å²) in [4.78, 5) is 9.85. The number of nitrogens with one attached hydrogen (secondary N) is 1. The number of likely N-dealkylation sites (tertiary alicyclic amines) is 2. The van der Waals surface area contributed by atoms with Crippen LogP contribution >= 0.6 is 0 Å². The maximum Gasteiger partial charge on any atom is 0.126 e. The lowest BCUT2D eigenvalue weighted by atomic mass is 9.96. The normalized spacial score (nSPS) is 21.8. The summed E-state index contributed by atoms with van der Waals surface area (Å²) in [6, 6.07) is 6.25. The van der Waals surface area contributed by atoms with E-state index in [0.717, 1.165) is 18.3 Å². The highest BCUT2D eigenvalue weighted by atomic mass is 15.2. The number of piperidine rings is 1. The molecule has 0 radical (unpaired) electrons. The minimum absolute atomic E-state index is 0.913. The Morgan fingerprint density at radius 2 is 1.86 bits per heavy atom. The number of anilines is 1. The summed E-state index contributed by atoms with van der Waals surface area (Å²) in [5.41, 5.74) is 1.18. The van der Waals surface area contributed by atoms with Crippen molar-refractivity contribution in [3.63, 3.8) is 0 Å². The van der Waals surface area contributed by atoms with Crippen molar-refractivity contribution in [3.8, 4) is 0 Å². The second-order valence-corrected chi connectivity index (χ2v) is 6.49. The number of hydrogen-bond donors (Lipinski definition) is 1. The predicted octanol–water partition coefficient (Wildman–Crippen LogP) is 2.43. The van der Waals surface area contributed by atoms with E-state index >= 15 is 0 Å². The quantitative estimate of drug-likeness (QED) is 0.902. The number of nitrogens with zero attached hydrogens (tertiary/aromatic N) is 3. The van der Waals surface area contributed by atoms with Gasteiger partial charge in [0.25, 0.3) is 0 Å². The van der Waals surface area contributed by atoms with E-state index in [1.807, 2.05) is 13.1 Å². The van der Waals surface area contributed by atoms with Gasteiger partial charge in [0, 0.05) is 20.1 Å². The van der Waals surface area contributed by atoms with Gasteiger partial charge in [-0.05, 0) is 69.9 Å². The zero-order chi connectivity index (χ0) is 14.5. The Morgan fingerprint density at radius 1 is 1.10 bits per heavy atom. The molecular weight excluding hydrogens is 260 g/mol. The second-order valence-electron chi connectivity index (χ2n) is 6.49. The average Bonchev–Trinajstić information content (AvgIpc) is 3.02. The Kier molecular flexibility index (Phi) is 5.09. The van der Waals surface area contributed by atoms with Gasteiger partial charge in [-0.15, -0.1) is 0 Å². The first kappa shape index (κ1) is 14.8. The molecule has 2 aliphatic rings. The van der Waals surface area contributed by atoms with Gasteiger partial charge in [0.05, 0.1) is 5.69 Å². The van der Waals surface area contributed by atoms with Gasteiger partial charge >= 0.3 is 0 Å². The van der Waals surface area contributed by atoms with Gasteiger partial charge in [0.1, 0.15) is 5.82 Å². The van der Waals surface area contributed by atoms with Crippen molar-refractivity contribution in [3.05, 3.63) is 23.9 Å². The third kappa shape index (κ3) is 4.17. The van der Waals surface area contributed by atoms with Crippen molar-refractivity contribution in [2.24, 2.45) is 5.92 Å². The van der Waals surface area contributed by atoms with Crippen LogP contribution in [0.2, 0.25) is 0 Å². The van der Waals surface area contributed by atoms with Gasteiger partial charge < -0.3 is 10.2 Å². The van der Waals surface area contributed by atoms with Crippen molar-refractivity contribution < 1.29 is 0 Å². The van der Waals surface area contributed by atoms with Crippen LogP contribution in [0.5, 0.6) is 0 Å². The third-order valence-electron chi connectivity index (χ3n) is 4.87. The summed E-state index contributed by atoms with van der Waals surface area (Å²) in [5, 5.41) is 3.12. The first-order chi connectivity index (χ1) is 10.3. The van der Waals surface area contributed by atoms with E-state index in [9.17, 15) is 0 Å². The lowest BCUT2D eigenvalue weighted by Gasteiger charge is -2.33. The molecule has 0 amide bonds. The van der Waals surface area contributed by atoms with Crippen LogP contribution in [0.25, 0.3) is 0 Å². The molecular formula is C17H28N4. The van der Waals surface area contributed by atoms with E-state index in [0.29, 0.717) is 0 Å². The molecule has 0 aliphatic carbocycles. The van der Waals surface area contributed by atoms with Crippen molar-refractivity contribution in [2.45, 2.75) is 32.2 Å². The smallest absolute Gasteiger partial charge is 0.126 e. The van der Waals surface area contributed by atoms with Crippen molar-refractivity contribution in [2.75, 3.05) is 45.1 Å². The number of rotatable bonds is 5. The molecule has 0 spiro atoms. The monoisotopic (exact) mass is 288 g/mol. The number of hydrogen-bond acceptors (Lipinski definition) is 4. The second kappa shape index (κ2) is 7.23. The Hall–Kier alpha value is -1.13. The minimum Gasteiger partial charge on any atom is -0.373 e. The Labute approximate surface area is 128 Å². The predicted molar refractivity (Wildman–Crippen MR) is 87.5 cm³/mol. The minimum atomic E-state index is 0.913. The molecule has 21 heavy (non-hydrogen) atoms. The molecule has 4 heteroatoms. The number of pyridine rings is 1. The van der Waals surface area contributed by atoms with Crippen molar-refractivity contribution >= 4 is 5.82 Å². The van der Waals surface area contributed by atoms with Crippen LogP contribution < -0.4 is 5.32 Å². The van der Waals surface area contributed by atoms with Crippen molar-refractivity contribution in [1.82, 2.24) is 14.8 Å². The van der Waals surface area contributed by atoms with Gasteiger partial charge in [-0.1, -0.05) is 6.07 Å². The highest BCUT2D eigenvalue weighted by Gasteiger charge is 2.22. The van der Waals surface area contributed by atoms with Gasteiger partial charge in [0.2, 0.25) is 0 Å². The van der Waals surface area contributed by atoms with E-state index in [2.05, 4.69) is 32.2 Å². The van der Waals surface area contributed by atoms with Gasteiger partial charge in [-0.2, -0.15) is 0 Å². The first-order valence-electron chi connectivity index (χ1n) is 8.42. The summed E-state index contributed by atoms with van der Waals surface area (Å²) in [6.45, 7) is 7.45. The fraction of sp³-hybridized carbons (Fsp3) is 0.706. The molecule has 1 aromatic heterocycles.